The zero-order chi connectivity index (χ0) is 30.2. The summed E-state index contributed by atoms with van der Waals surface area (Å²) < 4.78 is 30.2. The molecule has 0 spiro atoms. The van der Waals surface area contributed by atoms with E-state index in [4.69, 9.17) is 14.0 Å². The van der Waals surface area contributed by atoms with Crippen LogP contribution in [0.3, 0.4) is 0 Å². The molecule has 0 radical (unpaired) electrons. The molecule has 0 amide bonds. The van der Waals surface area contributed by atoms with Gasteiger partial charge in [-0.15, -0.1) is 0 Å². The summed E-state index contributed by atoms with van der Waals surface area (Å²) in [7, 11) is -4.45. The van der Waals surface area contributed by atoms with E-state index in [2.05, 4.69) is 13.8 Å². The van der Waals surface area contributed by atoms with Gasteiger partial charge in [0.15, 0.2) is 0 Å². The van der Waals surface area contributed by atoms with Crippen LogP contribution < -0.4 is 0 Å². The Morgan fingerprint density at radius 1 is 0.829 bits per heavy atom. The predicted octanol–water partition coefficient (Wildman–Crippen LogP) is 10.1. The van der Waals surface area contributed by atoms with Gasteiger partial charge in [-0.3, -0.25) is 4.57 Å². The molecule has 6 nitrogen and oxygen atoms in total. The lowest BCUT2D eigenvalue weighted by Crippen LogP contribution is -2.31. The maximum atomic E-state index is 13.4. The lowest BCUT2D eigenvalue weighted by Gasteiger charge is -2.28. The summed E-state index contributed by atoms with van der Waals surface area (Å²) in [5, 5.41) is 0.0818. The molecule has 0 saturated carbocycles. The zero-order valence-corrected chi connectivity index (χ0v) is 28.1. The Labute approximate surface area is 255 Å². The Bertz CT molecular complexity index is 808. The van der Waals surface area contributed by atoms with Gasteiger partial charge in [0.1, 0.15) is 6.61 Å². The normalized spacial score (nSPS) is 15.2. The fourth-order valence-corrected chi connectivity index (χ4v) is 7.52. The molecule has 1 aromatic rings. The fourth-order valence-electron chi connectivity index (χ4n) is 4.74. The molecule has 4 unspecified atom stereocenters. The number of carbonyl (C=O) groups is 1. The van der Waals surface area contributed by atoms with Crippen LogP contribution in [0.25, 0.3) is 0 Å². The molecule has 4 atom stereocenters. The van der Waals surface area contributed by atoms with Gasteiger partial charge in [-0.2, -0.15) is 11.8 Å². The summed E-state index contributed by atoms with van der Waals surface area (Å²) in [6, 6.07) is 9.25. The monoisotopic (exact) mass is 614 g/mol. The average molecular weight is 615 g/mol. The third-order valence-electron chi connectivity index (χ3n) is 7.21. The molecule has 1 aromatic carbocycles. The fraction of sp³-hybridized carbons (Fsp3) is 0.788. The van der Waals surface area contributed by atoms with E-state index in [9.17, 15) is 14.3 Å². The van der Waals surface area contributed by atoms with E-state index < -0.39 is 25.5 Å². The van der Waals surface area contributed by atoms with Gasteiger partial charge in [0, 0.05) is 11.9 Å². The van der Waals surface area contributed by atoms with E-state index in [1.807, 2.05) is 55.9 Å². The zero-order valence-electron chi connectivity index (χ0n) is 26.4. The maximum absolute atomic E-state index is 13.4. The summed E-state index contributed by atoms with van der Waals surface area (Å²) in [6.45, 7) is 8.38. The molecule has 0 aliphatic rings. The van der Waals surface area contributed by atoms with Crippen molar-refractivity contribution in [1.29, 1.82) is 0 Å². The molecule has 1 N–H and O–H groups in total. The highest BCUT2D eigenvalue weighted by molar-refractivity contribution is 7.99. The molecule has 0 fully saturated rings. The molecule has 0 aliphatic carbocycles. The van der Waals surface area contributed by atoms with Gasteiger partial charge in [-0.1, -0.05) is 135 Å². The minimum Gasteiger partial charge on any atom is -0.458 e. The average Bonchev–Trinajstić information content (AvgIpc) is 2.96. The number of thioether (sulfide) groups is 1. The molecule has 0 aromatic heterocycles. The summed E-state index contributed by atoms with van der Waals surface area (Å²) >= 11 is 1.84. The van der Waals surface area contributed by atoms with Gasteiger partial charge < -0.3 is 18.9 Å². The number of benzene rings is 1. The number of hydrogen-bond acceptors (Lipinski definition) is 6. The van der Waals surface area contributed by atoms with Crippen molar-refractivity contribution in [3.63, 3.8) is 0 Å². The number of carbonyl (C=O) groups excluding carboxylic acids is 1. The SMILES string of the molecule is CCCCCCCCCCCSC(CCCCCCC)C(C)OP(=O)(O)C(OCCC)C(=O)OCc1ccccc1. The number of esters is 1. The van der Waals surface area contributed by atoms with E-state index in [-0.39, 0.29) is 18.5 Å². The largest absolute Gasteiger partial charge is 0.458 e. The van der Waals surface area contributed by atoms with Crippen LogP contribution in [0.4, 0.5) is 0 Å². The van der Waals surface area contributed by atoms with Crippen molar-refractivity contribution in [3.8, 4) is 0 Å². The summed E-state index contributed by atoms with van der Waals surface area (Å²) in [4.78, 5) is 23.9. The van der Waals surface area contributed by atoms with Crippen LogP contribution in [-0.2, 0) is 30.0 Å². The molecule has 8 heteroatoms. The third kappa shape index (κ3) is 18.4. The minimum absolute atomic E-state index is 0.0101. The Morgan fingerprint density at radius 2 is 1.39 bits per heavy atom. The van der Waals surface area contributed by atoms with Crippen LogP contribution in [-0.4, -0.2) is 40.4 Å². The first-order valence-electron chi connectivity index (χ1n) is 16.3. The molecule has 0 heterocycles. The smallest absolute Gasteiger partial charge is 0.368 e. The van der Waals surface area contributed by atoms with Crippen LogP contribution in [0.5, 0.6) is 0 Å². The summed E-state index contributed by atoms with van der Waals surface area (Å²) in [5.74, 6) is -1.51. The molecule has 41 heavy (non-hydrogen) atoms. The van der Waals surface area contributed by atoms with Crippen molar-refractivity contribution in [2.45, 2.75) is 154 Å². The van der Waals surface area contributed by atoms with E-state index in [0.717, 1.165) is 37.0 Å². The highest BCUT2D eigenvalue weighted by Crippen LogP contribution is 2.51. The number of hydrogen-bond donors (Lipinski definition) is 1. The van der Waals surface area contributed by atoms with Crippen LogP contribution >= 0.6 is 19.4 Å². The van der Waals surface area contributed by atoms with Crippen LogP contribution in [0.1, 0.15) is 136 Å². The lowest BCUT2D eigenvalue weighted by molar-refractivity contribution is -0.154. The van der Waals surface area contributed by atoms with Crippen molar-refractivity contribution in [3.05, 3.63) is 35.9 Å². The standard InChI is InChI=1S/C33H59O6PS/c1-5-8-10-12-13-14-15-17-22-27-41-31(25-21-16-11-9-6-2)29(4)39-40(35,36)33(37-26-7-3)32(34)38-28-30-23-19-18-20-24-30/h18-20,23-24,29,31,33H,5-17,21-22,25-28H2,1-4H3,(H,35,36). The first kappa shape index (κ1) is 38.2. The highest BCUT2D eigenvalue weighted by Gasteiger charge is 2.43. The number of ether oxygens (including phenoxy) is 2. The molecule has 0 saturated heterocycles. The molecule has 0 bridgehead atoms. The van der Waals surface area contributed by atoms with Crippen LogP contribution in [0.2, 0.25) is 0 Å². The van der Waals surface area contributed by atoms with Crippen molar-refractivity contribution >= 4 is 25.3 Å². The summed E-state index contributed by atoms with van der Waals surface area (Å²) in [6.07, 6.45) is 18.5. The van der Waals surface area contributed by atoms with Gasteiger partial charge in [0.2, 0.25) is 0 Å². The second-order valence-electron chi connectivity index (χ2n) is 11.1. The minimum atomic E-state index is -4.45. The number of rotatable bonds is 27. The Hall–Kier alpha value is -0.850. The second kappa shape index (κ2) is 24.6. The van der Waals surface area contributed by atoms with Crippen molar-refractivity contribution in [2.24, 2.45) is 0 Å². The maximum Gasteiger partial charge on any atom is 0.368 e. The molecule has 0 aliphatic heterocycles. The van der Waals surface area contributed by atoms with Crippen molar-refractivity contribution in [1.82, 2.24) is 0 Å². The first-order valence-corrected chi connectivity index (χ1v) is 19.0. The third-order valence-corrected chi connectivity index (χ3v) is 10.4. The Kier molecular flexibility index (Phi) is 22.9. The van der Waals surface area contributed by atoms with Crippen LogP contribution in [0.15, 0.2) is 30.3 Å². The second-order valence-corrected chi connectivity index (χ2v) is 14.3. The molecule has 238 valence electrons. The summed E-state index contributed by atoms with van der Waals surface area (Å²) in [5.41, 5.74) is 0.799. The van der Waals surface area contributed by atoms with E-state index in [1.165, 1.54) is 70.6 Å². The topological polar surface area (TPSA) is 82.1 Å². The quantitative estimate of drug-likeness (QED) is 0.0600. The van der Waals surface area contributed by atoms with Gasteiger partial charge >= 0.3 is 13.6 Å². The first-order chi connectivity index (χ1) is 19.9. The lowest BCUT2D eigenvalue weighted by atomic mass is 10.1. The van der Waals surface area contributed by atoms with Gasteiger partial charge in [-0.25, -0.2) is 4.79 Å². The van der Waals surface area contributed by atoms with E-state index in [1.54, 1.807) is 0 Å². The van der Waals surface area contributed by atoms with Crippen molar-refractivity contribution < 1.29 is 28.3 Å². The van der Waals surface area contributed by atoms with Crippen LogP contribution in [0, 0.1) is 0 Å². The predicted molar refractivity (Wildman–Crippen MR) is 173 cm³/mol. The van der Waals surface area contributed by atoms with Crippen molar-refractivity contribution in [2.75, 3.05) is 12.4 Å². The van der Waals surface area contributed by atoms with Gasteiger partial charge in [0.25, 0.3) is 5.85 Å². The molecular formula is C33H59O6PS. The Morgan fingerprint density at radius 3 is 1.98 bits per heavy atom. The molecular weight excluding hydrogens is 555 g/mol. The highest BCUT2D eigenvalue weighted by atomic mass is 32.2. The number of unbranched alkanes of at least 4 members (excludes halogenated alkanes) is 12. The van der Waals surface area contributed by atoms with Gasteiger partial charge in [0.05, 0.1) is 6.10 Å². The van der Waals surface area contributed by atoms with Gasteiger partial charge in [-0.05, 0) is 37.5 Å². The van der Waals surface area contributed by atoms with E-state index >= 15 is 0 Å². The molecule has 1 rings (SSSR count). The Balaban J connectivity index is 2.69. The van der Waals surface area contributed by atoms with E-state index in [0.29, 0.717) is 6.42 Å².